The molecule has 0 unspecified atom stereocenters. The number of urea groups is 1. The highest BCUT2D eigenvalue weighted by Gasteiger charge is 2.21. The number of hydrogen-bond acceptors (Lipinski definition) is 5. The summed E-state index contributed by atoms with van der Waals surface area (Å²) < 4.78 is 11.7. The number of aromatic nitrogens is 1. The first-order valence-electron chi connectivity index (χ1n) is 9.37. The number of amides is 2. The molecule has 0 spiro atoms. The molecular weight excluding hydrogens is 436 g/mol. The molecule has 0 atom stereocenters. The van der Waals surface area contributed by atoms with E-state index >= 15 is 0 Å². The third-order valence-corrected chi connectivity index (χ3v) is 5.21. The lowest BCUT2D eigenvalue weighted by atomic mass is 10.2. The second-order valence-electron chi connectivity index (χ2n) is 6.78. The van der Waals surface area contributed by atoms with Crippen molar-refractivity contribution < 1.29 is 14.1 Å². The molecule has 0 saturated carbocycles. The van der Waals surface area contributed by atoms with Crippen LogP contribution >= 0.6 is 15.9 Å². The second kappa shape index (κ2) is 9.11. The van der Waals surface area contributed by atoms with Crippen molar-refractivity contribution in [2.75, 3.05) is 31.5 Å². The van der Waals surface area contributed by atoms with Crippen LogP contribution in [0.5, 0.6) is 11.5 Å². The van der Waals surface area contributed by atoms with Crippen molar-refractivity contribution in [3.8, 4) is 11.5 Å². The van der Waals surface area contributed by atoms with Crippen molar-refractivity contribution in [1.29, 1.82) is 0 Å². The van der Waals surface area contributed by atoms with Crippen molar-refractivity contribution >= 4 is 27.8 Å². The summed E-state index contributed by atoms with van der Waals surface area (Å²) in [5, 5.41) is 6.44. The van der Waals surface area contributed by atoms with Crippen LogP contribution in [-0.2, 0) is 6.54 Å². The monoisotopic (exact) mass is 456 g/mol. The first-order valence-corrected chi connectivity index (χ1v) is 10.2. The zero-order valence-electron chi connectivity index (χ0n) is 15.8. The largest absolute Gasteiger partial charge is 0.457 e. The van der Waals surface area contributed by atoms with E-state index < -0.39 is 0 Å². The van der Waals surface area contributed by atoms with E-state index in [-0.39, 0.29) is 6.03 Å². The highest BCUT2D eigenvalue weighted by molar-refractivity contribution is 9.10. The molecule has 2 heterocycles. The predicted octanol–water partition coefficient (Wildman–Crippen LogP) is 4.58. The molecular formula is C21H21BrN4O3. The quantitative estimate of drug-likeness (QED) is 0.608. The van der Waals surface area contributed by atoms with Gasteiger partial charge in [0.15, 0.2) is 5.82 Å². The van der Waals surface area contributed by atoms with Crippen LogP contribution in [0.25, 0.3) is 0 Å². The van der Waals surface area contributed by atoms with Gasteiger partial charge < -0.3 is 14.2 Å². The van der Waals surface area contributed by atoms with Crippen molar-refractivity contribution in [1.82, 2.24) is 15.0 Å². The van der Waals surface area contributed by atoms with E-state index in [9.17, 15) is 4.79 Å². The van der Waals surface area contributed by atoms with Crippen LogP contribution in [0.2, 0.25) is 0 Å². The van der Waals surface area contributed by atoms with Gasteiger partial charge in [-0.2, -0.15) is 0 Å². The maximum absolute atomic E-state index is 12.3. The summed E-state index contributed by atoms with van der Waals surface area (Å²) in [4.78, 5) is 16.4. The van der Waals surface area contributed by atoms with E-state index in [1.807, 2.05) is 36.4 Å². The second-order valence-corrected chi connectivity index (χ2v) is 7.70. The van der Waals surface area contributed by atoms with Crippen LogP contribution in [-0.4, -0.2) is 47.2 Å². The number of rotatable bonds is 5. The molecule has 0 bridgehead atoms. The van der Waals surface area contributed by atoms with Crippen molar-refractivity contribution in [2.24, 2.45) is 0 Å². The fourth-order valence-electron chi connectivity index (χ4n) is 3.18. The normalized spacial score (nSPS) is 14.6. The number of ether oxygens (including phenoxy) is 1. The van der Waals surface area contributed by atoms with E-state index in [0.717, 1.165) is 35.6 Å². The molecule has 1 aliphatic rings. The first kappa shape index (κ1) is 19.5. The highest BCUT2D eigenvalue weighted by atomic mass is 79.9. The molecule has 1 saturated heterocycles. The number of hydrogen-bond donors (Lipinski definition) is 1. The lowest BCUT2D eigenvalue weighted by molar-refractivity contribution is 0.143. The summed E-state index contributed by atoms with van der Waals surface area (Å²) in [6, 6.07) is 17.4. The molecule has 3 aromatic rings. The Morgan fingerprint density at radius 1 is 1.07 bits per heavy atom. The van der Waals surface area contributed by atoms with Crippen molar-refractivity contribution in [2.45, 2.75) is 6.54 Å². The Morgan fingerprint density at radius 2 is 1.86 bits per heavy atom. The topological polar surface area (TPSA) is 70.8 Å². The molecule has 2 aromatic carbocycles. The summed E-state index contributed by atoms with van der Waals surface area (Å²) in [6.45, 7) is 3.77. The number of carbonyl (C=O) groups excluding carboxylic acids is 1. The van der Waals surface area contributed by atoms with E-state index in [0.29, 0.717) is 18.9 Å². The predicted molar refractivity (Wildman–Crippen MR) is 113 cm³/mol. The Kier molecular flexibility index (Phi) is 6.12. The molecule has 2 amide bonds. The summed E-state index contributed by atoms with van der Waals surface area (Å²) >= 11 is 3.43. The minimum atomic E-state index is -0.150. The third-order valence-electron chi connectivity index (χ3n) is 4.69. The number of anilines is 1. The van der Waals surface area contributed by atoms with Crippen LogP contribution in [0.4, 0.5) is 10.6 Å². The standard InChI is InChI=1S/C21H21BrN4O3/c22-17-4-6-18(7-5-17)29-19-3-1-2-16(14-19)15-25-9-11-26(12-10-25)21(27)23-20-8-13-28-24-20/h1-8,13-14H,9-12,15H2,(H,23,24,27). The molecule has 7 nitrogen and oxygen atoms in total. The maximum atomic E-state index is 12.3. The average Bonchev–Trinajstić information content (AvgIpc) is 3.24. The summed E-state index contributed by atoms with van der Waals surface area (Å²) in [6.07, 6.45) is 1.43. The Balaban J connectivity index is 1.29. The lowest BCUT2D eigenvalue weighted by Gasteiger charge is -2.34. The molecule has 1 aliphatic heterocycles. The summed E-state index contributed by atoms with van der Waals surface area (Å²) in [5.41, 5.74) is 1.18. The smallest absolute Gasteiger partial charge is 0.323 e. The third kappa shape index (κ3) is 5.36. The van der Waals surface area contributed by atoms with E-state index in [4.69, 9.17) is 9.26 Å². The van der Waals surface area contributed by atoms with Gasteiger partial charge in [-0.3, -0.25) is 10.2 Å². The van der Waals surface area contributed by atoms with Gasteiger partial charge in [-0.15, -0.1) is 0 Å². The van der Waals surface area contributed by atoms with Gasteiger partial charge in [0.1, 0.15) is 17.8 Å². The Morgan fingerprint density at radius 3 is 2.59 bits per heavy atom. The molecule has 0 aliphatic carbocycles. The van der Waals surface area contributed by atoms with Gasteiger partial charge >= 0.3 is 6.03 Å². The number of nitrogens with zero attached hydrogens (tertiary/aromatic N) is 3. The zero-order valence-corrected chi connectivity index (χ0v) is 17.3. The van der Waals surface area contributed by atoms with Gasteiger partial charge in [0, 0.05) is 43.3 Å². The van der Waals surface area contributed by atoms with Crippen molar-refractivity contribution in [3.05, 3.63) is 70.9 Å². The Labute approximate surface area is 177 Å². The van der Waals surface area contributed by atoms with Crippen LogP contribution in [0.1, 0.15) is 5.56 Å². The summed E-state index contributed by atoms with van der Waals surface area (Å²) in [5.74, 6) is 2.05. The van der Waals surface area contributed by atoms with Gasteiger partial charge in [0.05, 0.1) is 0 Å². The highest BCUT2D eigenvalue weighted by Crippen LogP contribution is 2.24. The van der Waals surface area contributed by atoms with Crippen LogP contribution in [0.15, 0.2) is 69.9 Å². The van der Waals surface area contributed by atoms with Crippen molar-refractivity contribution in [3.63, 3.8) is 0 Å². The number of benzene rings is 2. The minimum absolute atomic E-state index is 0.150. The van der Waals surface area contributed by atoms with Gasteiger partial charge in [0.25, 0.3) is 0 Å². The molecule has 29 heavy (non-hydrogen) atoms. The maximum Gasteiger partial charge on any atom is 0.323 e. The molecule has 1 aromatic heterocycles. The number of piperazine rings is 1. The SMILES string of the molecule is O=C(Nc1ccon1)N1CCN(Cc2cccc(Oc3ccc(Br)cc3)c2)CC1. The van der Waals surface area contributed by atoms with E-state index in [2.05, 4.69) is 43.4 Å². The van der Waals surface area contributed by atoms with E-state index in [1.54, 1.807) is 11.0 Å². The van der Waals surface area contributed by atoms with Gasteiger partial charge in [-0.1, -0.05) is 33.2 Å². The van der Waals surface area contributed by atoms with Gasteiger partial charge in [0.2, 0.25) is 0 Å². The average molecular weight is 457 g/mol. The fourth-order valence-corrected chi connectivity index (χ4v) is 3.44. The van der Waals surface area contributed by atoms with Crippen LogP contribution in [0, 0.1) is 0 Å². The minimum Gasteiger partial charge on any atom is -0.457 e. The van der Waals surface area contributed by atoms with Gasteiger partial charge in [-0.25, -0.2) is 4.79 Å². The number of nitrogens with one attached hydrogen (secondary N) is 1. The zero-order chi connectivity index (χ0) is 20.1. The number of carbonyl (C=O) groups is 1. The fraction of sp³-hybridized carbons (Fsp3) is 0.238. The van der Waals surface area contributed by atoms with Crippen LogP contribution in [0.3, 0.4) is 0 Å². The molecule has 150 valence electrons. The first-order chi connectivity index (χ1) is 14.2. The van der Waals surface area contributed by atoms with Gasteiger partial charge in [-0.05, 0) is 42.0 Å². The molecule has 1 N–H and O–H groups in total. The van der Waals surface area contributed by atoms with Crippen LogP contribution < -0.4 is 10.1 Å². The molecule has 8 heteroatoms. The lowest BCUT2D eigenvalue weighted by Crippen LogP contribution is -2.49. The Bertz CT molecular complexity index is 939. The molecule has 1 fully saturated rings. The molecule has 4 rings (SSSR count). The Hall–Kier alpha value is -2.84. The number of halogens is 1. The molecule has 0 radical (unpaired) electrons. The van der Waals surface area contributed by atoms with E-state index in [1.165, 1.54) is 11.8 Å². The summed E-state index contributed by atoms with van der Waals surface area (Å²) in [7, 11) is 0.